The molecular weight excluding hydrogens is 166 g/mol. The molecule has 0 aromatic carbocycles. The predicted molar refractivity (Wildman–Crippen MR) is 38.2 cm³/mol. The van der Waals surface area contributed by atoms with Crippen LogP contribution in [0.4, 0.5) is 8.78 Å². The molecule has 0 radical (unpaired) electrons. The number of fused-ring (bicyclic) bond motifs is 1. The molecule has 4 heteroatoms. The molecule has 2 rings (SSSR count). The Morgan fingerprint density at radius 1 is 1.50 bits per heavy atom. The maximum atomic E-state index is 12.4. The van der Waals surface area contributed by atoms with Crippen molar-refractivity contribution in [3.05, 3.63) is 0 Å². The number of hydrogen-bond acceptors (Lipinski definition) is 2. The minimum absolute atomic E-state index is 0.0380. The normalized spacial score (nSPS) is 41.5. The van der Waals surface area contributed by atoms with Crippen LogP contribution in [0.25, 0.3) is 0 Å². The van der Waals surface area contributed by atoms with E-state index < -0.39 is 12.3 Å². The zero-order chi connectivity index (χ0) is 8.72. The fourth-order valence-electron chi connectivity index (χ4n) is 1.80. The van der Waals surface area contributed by atoms with Crippen molar-refractivity contribution >= 4 is 0 Å². The molecule has 0 bridgehead atoms. The summed E-state index contributed by atoms with van der Waals surface area (Å²) >= 11 is 0. The third-order valence-electron chi connectivity index (χ3n) is 2.62. The molecule has 0 aromatic heterocycles. The quantitative estimate of drug-likeness (QED) is 0.610. The molecule has 2 nitrogen and oxygen atoms in total. The first-order valence-corrected chi connectivity index (χ1v) is 4.29. The standard InChI is InChI=1S/C8H12F2O2/c1-2-4(8(9)10)6-7-5(12-7)3-11-6/h4-8H,2-3H2,1H3/t4?,5-,6+,7-/m0/s1. The van der Waals surface area contributed by atoms with Gasteiger partial charge in [-0.15, -0.1) is 0 Å². The van der Waals surface area contributed by atoms with Gasteiger partial charge in [0, 0.05) is 5.92 Å². The van der Waals surface area contributed by atoms with Crippen LogP contribution in [0, 0.1) is 5.92 Å². The van der Waals surface area contributed by atoms with Gasteiger partial charge in [-0.05, 0) is 6.42 Å². The Kier molecular flexibility index (Phi) is 2.04. The van der Waals surface area contributed by atoms with Gasteiger partial charge in [-0.1, -0.05) is 6.92 Å². The number of rotatable bonds is 3. The molecule has 0 amide bonds. The van der Waals surface area contributed by atoms with E-state index in [2.05, 4.69) is 0 Å². The van der Waals surface area contributed by atoms with Crippen molar-refractivity contribution in [2.75, 3.05) is 6.61 Å². The molecule has 0 spiro atoms. The van der Waals surface area contributed by atoms with Crippen LogP contribution in [-0.2, 0) is 9.47 Å². The van der Waals surface area contributed by atoms with Crippen molar-refractivity contribution in [1.29, 1.82) is 0 Å². The highest BCUT2D eigenvalue weighted by atomic mass is 19.3. The Bertz CT molecular complexity index is 174. The van der Waals surface area contributed by atoms with Crippen LogP contribution in [0.15, 0.2) is 0 Å². The lowest BCUT2D eigenvalue weighted by atomic mass is 9.97. The molecule has 0 saturated carbocycles. The van der Waals surface area contributed by atoms with Gasteiger partial charge in [-0.2, -0.15) is 0 Å². The maximum Gasteiger partial charge on any atom is 0.244 e. The second-order valence-corrected chi connectivity index (χ2v) is 3.34. The van der Waals surface area contributed by atoms with E-state index in [-0.39, 0.29) is 18.3 Å². The highest BCUT2D eigenvalue weighted by Gasteiger charge is 2.55. The molecule has 2 heterocycles. The molecule has 1 unspecified atom stereocenters. The SMILES string of the molecule is CCC(C(F)F)[C@H]1OC[C@@H]2O[C@@H]21. The van der Waals surface area contributed by atoms with E-state index in [0.717, 1.165) is 0 Å². The largest absolute Gasteiger partial charge is 0.372 e. The summed E-state index contributed by atoms with van der Waals surface area (Å²) < 4.78 is 35.2. The third-order valence-corrected chi connectivity index (χ3v) is 2.62. The Labute approximate surface area is 69.8 Å². The number of halogens is 2. The summed E-state index contributed by atoms with van der Waals surface area (Å²) in [7, 11) is 0. The van der Waals surface area contributed by atoms with E-state index in [1.807, 2.05) is 0 Å². The highest BCUT2D eigenvalue weighted by Crippen LogP contribution is 2.40. The molecule has 2 fully saturated rings. The van der Waals surface area contributed by atoms with E-state index in [9.17, 15) is 8.78 Å². The van der Waals surface area contributed by atoms with Crippen molar-refractivity contribution < 1.29 is 18.3 Å². The fraction of sp³-hybridized carbons (Fsp3) is 1.00. The summed E-state index contributed by atoms with van der Waals surface area (Å²) in [4.78, 5) is 0. The van der Waals surface area contributed by atoms with Crippen LogP contribution in [0.5, 0.6) is 0 Å². The molecule has 12 heavy (non-hydrogen) atoms. The van der Waals surface area contributed by atoms with E-state index in [0.29, 0.717) is 13.0 Å². The van der Waals surface area contributed by atoms with Crippen molar-refractivity contribution in [2.24, 2.45) is 5.92 Å². The molecule has 2 aliphatic heterocycles. The topological polar surface area (TPSA) is 21.8 Å². The summed E-state index contributed by atoms with van der Waals surface area (Å²) in [6.07, 6.45) is -2.12. The van der Waals surface area contributed by atoms with E-state index >= 15 is 0 Å². The predicted octanol–water partition coefficient (Wildman–Crippen LogP) is 1.44. The second-order valence-electron chi connectivity index (χ2n) is 3.34. The summed E-state index contributed by atoms with van der Waals surface area (Å²) in [5.74, 6) is -0.650. The molecule has 0 aromatic rings. The van der Waals surface area contributed by atoms with Crippen LogP contribution in [0.1, 0.15) is 13.3 Å². The van der Waals surface area contributed by atoms with Crippen molar-refractivity contribution in [2.45, 2.75) is 38.1 Å². The van der Waals surface area contributed by atoms with E-state index in [1.165, 1.54) is 0 Å². The maximum absolute atomic E-state index is 12.4. The smallest absolute Gasteiger partial charge is 0.244 e. The van der Waals surface area contributed by atoms with Crippen LogP contribution in [0.2, 0.25) is 0 Å². The van der Waals surface area contributed by atoms with Gasteiger partial charge in [0.25, 0.3) is 0 Å². The van der Waals surface area contributed by atoms with Gasteiger partial charge in [0.1, 0.15) is 12.2 Å². The van der Waals surface area contributed by atoms with Gasteiger partial charge in [0.2, 0.25) is 6.43 Å². The van der Waals surface area contributed by atoms with Gasteiger partial charge < -0.3 is 9.47 Å². The Morgan fingerprint density at radius 2 is 2.25 bits per heavy atom. The zero-order valence-electron chi connectivity index (χ0n) is 6.87. The number of epoxide rings is 1. The van der Waals surface area contributed by atoms with Crippen molar-refractivity contribution in [3.8, 4) is 0 Å². The average molecular weight is 178 g/mol. The molecule has 0 aliphatic carbocycles. The molecule has 4 atom stereocenters. The molecule has 2 saturated heterocycles. The lowest BCUT2D eigenvalue weighted by Crippen LogP contribution is -2.30. The highest BCUT2D eigenvalue weighted by molar-refractivity contribution is 4.99. The summed E-state index contributed by atoms with van der Waals surface area (Å²) in [6.45, 7) is 2.26. The summed E-state index contributed by atoms with van der Waals surface area (Å²) in [5.41, 5.74) is 0. The number of ether oxygens (including phenoxy) is 2. The Hall–Kier alpha value is -0.220. The molecular formula is C8H12F2O2. The van der Waals surface area contributed by atoms with E-state index in [1.54, 1.807) is 6.92 Å². The van der Waals surface area contributed by atoms with Crippen LogP contribution < -0.4 is 0 Å². The van der Waals surface area contributed by atoms with Gasteiger partial charge in [-0.25, -0.2) is 8.78 Å². The monoisotopic (exact) mass is 178 g/mol. The van der Waals surface area contributed by atoms with Gasteiger partial charge in [0.15, 0.2) is 0 Å². The number of alkyl halides is 2. The molecule has 2 aliphatic rings. The van der Waals surface area contributed by atoms with Crippen LogP contribution >= 0.6 is 0 Å². The zero-order valence-corrected chi connectivity index (χ0v) is 6.87. The van der Waals surface area contributed by atoms with Gasteiger partial charge >= 0.3 is 0 Å². The van der Waals surface area contributed by atoms with E-state index in [4.69, 9.17) is 9.47 Å². The minimum atomic E-state index is -2.29. The lowest BCUT2D eigenvalue weighted by molar-refractivity contribution is -0.0600. The summed E-state index contributed by atoms with van der Waals surface area (Å²) in [6, 6.07) is 0. The summed E-state index contributed by atoms with van der Waals surface area (Å²) in [5, 5.41) is 0. The van der Waals surface area contributed by atoms with Crippen molar-refractivity contribution in [1.82, 2.24) is 0 Å². The van der Waals surface area contributed by atoms with Gasteiger partial charge in [-0.3, -0.25) is 0 Å². The Balaban J connectivity index is 1.96. The lowest BCUT2D eigenvalue weighted by Gasteiger charge is -2.21. The Morgan fingerprint density at radius 3 is 2.58 bits per heavy atom. The fourth-order valence-corrected chi connectivity index (χ4v) is 1.80. The first-order chi connectivity index (χ1) is 5.74. The minimum Gasteiger partial charge on any atom is -0.372 e. The van der Waals surface area contributed by atoms with Crippen LogP contribution in [-0.4, -0.2) is 31.3 Å². The molecule has 0 N–H and O–H groups in total. The first-order valence-electron chi connectivity index (χ1n) is 4.29. The van der Waals surface area contributed by atoms with Crippen LogP contribution in [0.3, 0.4) is 0 Å². The molecule has 70 valence electrons. The first kappa shape index (κ1) is 8.38. The number of hydrogen-bond donors (Lipinski definition) is 0. The van der Waals surface area contributed by atoms with Gasteiger partial charge in [0.05, 0.1) is 12.7 Å². The van der Waals surface area contributed by atoms with Crippen molar-refractivity contribution in [3.63, 3.8) is 0 Å². The average Bonchev–Trinajstić information content (AvgIpc) is 2.69. The second kappa shape index (κ2) is 2.92. The third kappa shape index (κ3) is 1.23.